The molecule has 1 heterocycles. The molecule has 2 aromatic carbocycles. The molecular formula is C20H23NO2. The second-order valence-corrected chi connectivity index (χ2v) is 6.70. The lowest BCUT2D eigenvalue weighted by molar-refractivity contribution is 0.210. The van der Waals surface area contributed by atoms with Gasteiger partial charge in [-0.05, 0) is 47.7 Å². The minimum absolute atomic E-state index is 0.461. The van der Waals surface area contributed by atoms with Crippen molar-refractivity contribution in [1.82, 2.24) is 4.90 Å². The standard InChI is InChI=1S/C20H23NO2/c1-12-11-21(2)16-10-13-8-9-17(22-3)20(23-4)18(13)15-7-5-6-14(12)19(15)16/h5-9,12,16H,10-11H2,1-4H3/t12-,16-/m1/s1. The molecule has 1 aliphatic heterocycles. The zero-order valence-electron chi connectivity index (χ0n) is 14.2. The molecule has 2 aliphatic rings. The third-order valence-corrected chi connectivity index (χ3v) is 5.41. The zero-order chi connectivity index (χ0) is 16.1. The SMILES string of the molecule is COc1ccc2c(c1OC)-c1cccc3c1[C@@H](C2)N(C)C[C@H]3C. The van der Waals surface area contributed by atoms with Gasteiger partial charge < -0.3 is 9.47 Å². The van der Waals surface area contributed by atoms with Gasteiger partial charge in [-0.25, -0.2) is 0 Å². The Morgan fingerprint density at radius 1 is 1.09 bits per heavy atom. The summed E-state index contributed by atoms with van der Waals surface area (Å²) < 4.78 is 11.3. The van der Waals surface area contributed by atoms with E-state index in [4.69, 9.17) is 9.47 Å². The third kappa shape index (κ3) is 1.99. The van der Waals surface area contributed by atoms with Crippen LogP contribution in [0, 0.1) is 0 Å². The molecule has 0 fully saturated rings. The topological polar surface area (TPSA) is 21.7 Å². The monoisotopic (exact) mass is 309 g/mol. The predicted molar refractivity (Wildman–Crippen MR) is 92.5 cm³/mol. The molecule has 2 aromatic rings. The molecule has 3 nitrogen and oxygen atoms in total. The summed E-state index contributed by atoms with van der Waals surface area (Å²) in [6.07, 6.45) is 1.03. The van der Waals surface area contributed by atoms with Crippen LogP contribution in [0.15, 0.2) is 30.3 Å². The molecule has 0 saturated heterocycles. The molecule has 4 rings (SSSR count). The van der Waals surface area contributed by atoms with Crippen LogP contribution in [0.25, 0.3) is 11.1 Å². The van der Waals surface area contributed by atoms with E-state index in [2.05, 4.69) is 43.1 Å². The molecule has 0 aromatic heterocycles. The first-order valence-electron chi connectivity index (χ1n) is 8.23. The van der Waals surface area contributed by atoms with Gasteiger partial charge in [-0.15, -0.1) is 0 Å². The summed E-state index contributed by atoms with van der Waals surface area (Å²) in [6, 6.07) is 11.4. The van der Waals surface area contributed by atoms with Crippen molar-refractivity contribution in [2.75, 3.05) is 27.8 Å². The highest BCUT2D eigenvalue weighted by molar-refractivity contribution is 5.83. The minimum Gasteiger partial charge on any atom is -0.493 e. The molecule has 0 spiro atoms. The maximum Gasteiger partial charge on any atom is 0.168 e. The molecule has 3 heteroatoms. The highest BCUT2D eigenvalue weighted by Crippen LogP contribution is 2.51. The molecule has 0 saturated carbocycles. The summed E-state index contributed by atoms with van der Waals surface area (Å²) in [5.41, 5.74) is 6.83. The number of hydrogen-bond donors (Lipinski definition) is 0. The predicted octanol–water partition coefficient (Wildman–Crippen LogP) is 4.02. The van der Waals surface area contributed by atoms with E-state index in [0.29, 0.717) is 12.0 Å². The Balaban J connectivity index is 2.03. The molecule has 0 radical (unpaired) electrons. The first-order valence-corrected chi connectivity index (χ1v) is 8.23. The summed E-state index contributed by atoms with van der Waals surface area (Å²) in [6.45, 7) is 3.43. The molecule has 120 valence electrons. The average molecular weight is 309 g/mol. The minimum atomic E-state index is 0.461. The van der Waals surface area contributed by atoms with E-state index < -0.39 is 0 Å². The van der Waals surface area contributed by atoms with E-state index in [1.54, 1.807) is 14.2 Å². The summed E-state index contributed by atoms with van der Waals surface area (Å²) in [7, 11) is 5.67. The van der Waals surface area contributed by atoms with Crippen molar-refractivity contribution in [2.45, 2.75) is 25.3 Å². The van der Waals surface area contributed by atoms with Gasteiger partial charge in [0.05, 0.1) is 14.2 Å². The van der Waals surface area contributed by atoms with E-state index >= 15 is 0 Å². The van der Waals surface area contributed by atoms with Crippen molar-refractivity contribution in [3.63, 3.8) is 0 Å². The quantitative estimate of drug-likeness (QED) is 0.836. The van der Waals surface area contributed by atoms with Gasteiger partial charge in [0.25, 0.3) is 0 Å². The number of hydrogen-bond acceptors (Lipinski definition) is 3. The fraction of sp³-hybridized carbons (Fsp3) is 0.400. The Morgan fingerprint density at radius 3 is 2.65 bits per heavy atom. The van der Waals surface area contributed by atoms with E-state index in [1.807, 2.05) is 6.07 Å². The van der Waals surface area contributed by atoms with Crippen molar-refractivity contribution in [2.24, 2.45) is 0 Å². The van der Waals surface area contributed by atoms with Gasteiger partial charge in [0.1, 0.15) is 0 Å². The van der Waals surface area contributed by atoms with Crippen LogP contribution in [0.1, 0.15) is 35.6 Å². The van der Waals surface area contributed by atoms with Crippen LogP contribution in [0.3, 0.4) is 0 Å². The molecule has 1 aliphatic carbocycles. The number of nitrogens with zero attached hydrogens (tertiary/aromatic N) is 1. The highest BCUT2D eigenvalue weighted by atomic mass is 16.5. The number of methoxy groups -OCH3 is 2. The van der Waals surface area contributed by atoms with Gasteiger partial charge in [-0.2, -0.15) is 0 Å². The third-order valence-electron chi connectivity index (χ3n) is 5.41. The van der Waals surface area contributed by atoms with E-state index in [-0.39, 0.29) is 0 Å². The first kappa shape index (κ1) is 14.6. The fourth-order valence-electron chi connectivity index (χ4n) is 4.38. The largest absolute Gasteiger partial charge is 0.493 e. The van der Waals surface area contributed by atoms with Crippen molar-refractivity contribution in [3.8, 4) is 22.6 Å². The molecule has 0 N–H and O–H groups in total. The van der Waals surface area contributed by atoms with Gasteiger partial charge in [0.15, 0.2) is 11.5 Å². The lowest BCUT2D eigenvalue weighted by Crippen LogP contribution is -2.37. The maximum atomic E-state index is 5.73. The Labute approximate surface area is 137 Å². The van der Waals surface area contributed by atoms with Crippen LogP contribution >= 0.6 is 0 Å². The van der Waals surface area contributed by atoms with Crippen molar-refractivity contribution in [1.29, 1.82) is 0 Å². The molecule has 0 bridgehead atoms. The molecule has 23 heavy (non-hydrogen) atoms. The van der Waals surface area contributed by atoms with E-state index in [9.17, 15) is 0 Å². The van der Waals surface area contributed by atoms with Crippen molar-refractivity contribution >= 4 is 0 Å². The number of rotatable bonds is 2. The van der Waals surface area contributed by atoms with Crippen LogP contribution in [0.5, 0.6) is 11.5 Å². The van der Waals surface area contributed by atoms with Crippen LogP contribution in [-0.4, -0.2) is 32.7 Å². The van der Waals surface area contributed by atoms with Gasteiger partial charge >= 0.3 is 0 Å². The van der Waals surface area contributed by atoms with E-state index in [1.165, 1.54) is 27.8 Å². The Kier molecular flexibility index (Phi) is 3.34. The van der Waals surface area contributed by atoms with Gasteiger partial charge in [0.2, 0.25) is 0 Å². The Bertz CT molecular complexity index is 768. The zero-order valence-corrected chi connectivity index (χ0v) is 14.2. The summed E-state index contributed by atoms with van der Waals surface area (Å²) in [5.74, 6) is 2.22. The molecule has 2 atom stereocenters. The van der Waals surface area contributed by atoms with Crippen molar-refractivity contribution < 1.29 is 9.47 Å². The number of fused-ring (bicyclic) bond motifs is 2. The lowest BCUT2D eigenvalue weighted by Gasteiger charge is -2.42. The van der Waals surface area contributed by atoms with Crippen molar-refractivity contribution in [3.05, 3.63) is 47.0 Å². The normalized spacial score (nSPS) is 22.3. The number of ether oxygens (including phenoxy) is 2. The fourth-order valence-corrected chi connectivity index (χ4v) is 4.38. The summed E-state index contributed by atoms with van der Waals surface area (Å²) in [5, 5.41) is 0. The molecule has 0 unspecified atom stereocenters. The molecular weight excluding hydrogens is 286 g/mol. The Morgan fingerprint density at radius 2 is 1.91 bits per heavy atom. The second kappa shape index (κ2) is 5.27. The lowest BCUT2D eigenvalue weighted by atomic mass is 9.74. The first-order chi connectivity index (χ1) is 11.2. The second-order valence-electron chi connectivity index (χ2n) is 6.70. The van der Waals surface area contributed by atoms with Crippen LogP contribution in [0.4, 0.5) is 0 Å². The van der Waals surface area contributed by atoms with E-state index in [0.717, 1.165) is 24.5 Å². The highest BCUT2D eigenvalue weighted by Gasteiger charge is 2.36. The maximum absolute atomic E-state index is 5.73. The smallest absolute Gasteiger partial charge is 0.168 e. The average Bonchev–Trinajstić information content (AvgIpc) is 2.58. The van der Waals surface area contributed by atoms with Gasteiger partial charge in [-0.1, -0.05) is 31.2 Å². The van der Waals surface area contributed by atoms with Gasteiger partial charge in [0, 0.05) is 18.2 Å². The number of likely N-dealkylation sites (N-methyl/N-ethyl adjacent to an activating group) is 1. The van der Waals surface area contributed by atoms with Crippen LogP contribution < -0.4 is 9.47 Å². The molecule has 0 amide bonds. The Hall–Kier alpha value is -2.00. The summed E-state index contributed by atoms with van der Waals surface area (Å²) in [4.78, 5) is 2.50. The summed E-state index contributed by atoms with van der Waals surface area (Å²) >= 11 is 0. The van der Waals surface area contributed by atoms with Crippen LogP contribution in [-0.2, 0) is 6.42 Å². The number of benzene rings is 2. The van der Waals surface area contributed by atoms with Crippen LogP contribution in [0.2, 0.25) is 0 Å². The van der Waals surface area contributed by atoms with Gasteiger partial charge in [-0.3, -0.25) is 4.90 Å².